The molecular weight excluding hydrogens is 250 g/mol. The summed E-state index contributed by atoms with van der Waals surface area (Å²) in [6.07, 6.45) is 3.85. The van der Waals surface area contributed by atoms with E-state index in [9.17, 15) is 0 Å². The van der Waals surface area contributed by atoms with Crippen LogP contribution in [-0.4, -0.2) is 23.2 Å². The predicted octanol–water partition coefficient (Wildman–Crippen LogP) is 2.81. The zero-order chi connectivity index (χ0) is 14.8. The minimum absolute atomic E-state index is 0.0289. The van der Waals surface area contributed by atoms with E-state index in [-0.39, 0.29) is 5.41 Å². The lowest BCUT2D eigenvalue weighted by Crippen LogP contribution is -2.12. The average Bonchev–Trinajstić information content (AvgIpc) is 2.86. The van der Waals surface area contributed by atoms with Gasteiger partial charge in [-0.05, 0) is 23.6 Å². The third kappa shape index (κ3) is 3.02. The quantitative estimate of drug-likeness (QED) is 0.932. The van der Waals surface area contributed by atoms with Crippen molar-refractivity contribution in [2.45, 2.75) is 32.7 Å². The van der Waals surface area contributed by atoms with E-state index in [0.29, 0.717) is 6.54 Å². The smallest absolute Gasteiger partial charge is 0.122 e. The fourth-order valence-corrected chi connectivity index (χ4v) is 2.23. The van der Waals surface area contributed by atoms with Crippen LogP contribution in [0.25, 0.3) is 11.3 Å². The Balaban J connectivity index is 2.42. The van der Waals surface area contributed by atoms with Crippen LogP contribution in [0, 0.1) is 0 Å². The molecule has 0 saturated carbocycles. The summed E-state index contributed by atoms with van der Waals surface area (Å²) in [6, 6.07) is 6.22. The second-order valence-electron chi connectivity index (χ2n) is 5.95. The first-order chi connectivity index (χ1) is 9.45. The molecule has 0 aliphatic carbocycles. The van der Waals surface area contributed by atoms with Crippen molar-refractivity contribution < 1.29 is 4.74 Å². The highest BCUT2D eigenvalue weighted by atomic mass is 16.5. The highest BCUT2D eigenvalue weighted by Gasteiger charge is 2.19. The van der Waals surface area contributed by atoms with Crippen molar-refractivity contribution in [2.75, 3.05) is 13.7 Å². The summed E-state index contributed by atoms with van der Waals surface area (Å²) < 4.78 is 7.47. The van der Waals surface area contributed by atoms with Gasteiger partial charge in [0, 0.05) is 30.4 Å². The van der Waals surface area contributed by atoms with Crippen LogP contribution in [0.5, 0.6) is 5.75 Å². The fourth-order valence-electron chi connectivity index (χ4n) is 2.23. The molecule has 0 radical (unpaired) electrons. The summed E-state index contributed by atoms with van der Waals surface area (Å²) in [5.41, 5.74) is 8.85. The third-order valence-corrected chi connectivity index (χ3v) is 3.32. The highest BCUT2D eigenvalue weighted by molar-refractivity contribution is 5.62. The summed E-state index contributed by atoms with van der Waals surface area (Å²) in [5, 5.41) is 0. The Bertz CT molecular complexity index is 582. The van der Waals surface area contributed by atoms with Gasteiger partial charge in [-0.15, -0.1) is 0 Å². The number of ether oxygens (including phenoxy) is 1. The van der Waals surface area contributed by atoms with Gasteiger partial charge in [0.05, 0.1) is 19.1 Å². The molecule has 2 rings (SSSR count). The van der Waals surface area contributed by atoms with E-state index in [1.165, 1.54) is 5.56 Å². The molecule has 0 bridgehead atoms. The summed E-state index contributed by atoms with van der Waals surface area (Å²) >= 11 is 0. The van der Waals surface area contributed by atoms with E-state index in [1.807, 2.05) is 29.2 Å². The van der Waals surface area contributed by atoms with E-state index >= 15 is 0 Å². The van der Waals surface area contributed by atoms with Gasteiger partial charge in [0.2, 0.25) is 0 Å². The molecule has 0 unspecified atom stereocenters. The van der Waals surface area contributed by atoms with E-state index in [4.69, 9.17) is 10.5 Å². The lowest BCUT2D eigenvalue weighted by Gasteiger charge is -2.22. The summed E-state index contributed by atoms with van der Waals surface area (Å²) in [4.78, 5) is 4.45. The molecule has 2 aromatic rings. The maximum Gasteiger partial charge on any atom is 0.122 e. The van der Waals surface area contributed by atoms with Crippen LogP contribution in [0.4, 0.5) is 0 Å². The van der Waals surface area contributed by atoms with E-state index in [1.54, 1.807) is 7.11 Å². The summed E-state index contributed by atoms with van der Waals surface area (Å²) in [7, 11) is 1.71. The number of methoxy groups -OCH3 is 1. The predicted molar refractivity (Wildman–Crippen MR) is 82.0 cm³/mol. The van der Waals surface area contributed by atoms with Crippen molar-refractivity contribution in [3.8, 4) is 17.0 Å². The van der Waals surface area contributed by atoms with Crippen molar-refractivity contribution in [2.24, 2.45) is 5.73 Å². The summed E-state index contributed by atoms with van der Waals surface area (Å²) in [5.74, 6) is 0.919. The SMILES string of the molecule is COc1ccc(-c2cn(CCN)cn2)cc1C(C)(C)C. The Morgan fingerprint density at radius 2 is 2.05 bits per heavy atom. The molecule has 0 aliphatic rings. The van der Waals surface area contributed by atoms with E-state index in [2.05, 4.69) is 31.8 Å². The molecule has 0 spiro atoms. The van der Waals surface area contributed by atoms with Gasteiger partial charge < -0.3 is 15.0 Å². The Kier molecular flexibility index (Phi) is 4.14. The van der Waals surface area contributed by atoms with Crippen molar-refractivity contribution in [3.63, 3.8) is 0 Å². The van der Waals surface area contributed by atoms with Gasteiger partial charge in [-0.1, -0.05) is 20.8 Å². The van der Waals surface area contributed by atoms with Gasteiger partial charge >= 0.3 is 0 Å². The molecule has 1 heterocycles. The van der Waals surface area contributed by atoms with E-state index in [0.717, 1.165) is 23.6 Å². The average molecular weight is 273 g/mol. The number of nitrogens with two attached hydrogens (primary N) is 1. The lowest BCUT2D eigenvalue weighted by molar-refractivity contribution is 0.397. The molecule has 1 aromatic carbocycles. The molecule has 4 heteroatoms. The molecule has 0 atom stereocenters. The Morgan fingerprint density at radius 3 is 2.65 bits per heavy atom. The lowest BCUT2D eigenvalue weighted by atomic mass is 9.85. The third-order valence-electron chi connectivity index (χ3n) is 3.32. The van der Waals surface area contributed by atoms with Crippen LogP contribution < -0.4 is 10.5 Å². The van der Waals surface area contributed by atoms with Gasteiger partial charge in [0.25, 0.3) is 0 Å². The van der Waals surface area contributed by atoms with Crippen LogP contribution in [0.2, 0.25) is 0 Å². The first kappa shape index (κ1) is 14.6. The van der Waals surface area contributed by atoms with Crippen LogP contribution in [-0.2, 0) is 12.0 Å². The first-order valence-electron chi connectivity index (χ1n) is 6.86. The molecule has 4 nitrogen and oxygen atoms in total. The fraction of sp³-hybridized carbons (Fsp3) is 0.438. The van der Waals surface area contributed by atoms with Crippen LogP contribution in [0.1, 0.15) is 26.3 Å². The normalized spacial score (nSPS) is 11.7. The van der Waals surface area contributed by atoms with Crippen molar-refractivity contribution >= 4 is 0 Å². The molecule has 1 aromatic heterocycles. The summed E-state index contributed by atoms with van der Waals surface area (Å²) in [6.45, 7) is 7.95. The second-order valence-corrected chi connectivity index (χ2v) is 5.95. The van der Waals surface area contributed by atoms with Gasteiger partial charge in [-0.25, -0.2) is 4.98 Å². The molecule has 2 N–H and O–H groups in total. The zero-order valence-electron chi connectivity index (χ0n) is 12.7. The minimum Gasteiger partial charge on any atom is -0.496 e. The Labute approximate surface area is 120 Å². The highest BCUT2D eigenvalue weighted by Crippen LogP contribution is 2.34. The Morgan fingerprint density at radius 1 is 1.30 bits per heavy atom. The van der Waals surface area contributed by atoms with E-state index < -0.39 is 0 Å². The Hall–Kier alpha value is -1.81. The van der Waals surface area contributed by atoms with Crippen molar-refractivity contribution in [3.05, 3.63) is 36.3 Å². The first-order valence-corrected chi connectivity index (χ1v) is 6.86. The van der Waals surface area contributed by atoms with Crippen molar-refractivity contribution in [1.29, 1.82) is 0 Å². The maximum atomic E-state index is 5.56. The number of benzene rings is 1. The number of imidazole rings is 1. The minimum atomic E-state index is 0.0289. The van der Waals surface area contributed by atoms with Gasteiger partial charge in [0.1, 0.15) is 5.75 Å². The number of hydrogen-bond donors (Lipinski definition) is 1. The topological polar surface area (TPSA) is 53.1 Å². The van der Waals surface area contributed by atoms with Gasteiger partial charge in [-0.2, -0.15) is 0 Å². The number of hydrogen-bond acceptors (Lipinski definition) is 3. The van der Waals surface area contributed by atoms with Gasteiger partial charge in [-0.3, -0.25) is 0 Å². The molecule has 108 valence electrons. The van der Waals surface area contributed by atoms with Crippen LogP contribution in [0.15, 0.2) is 30.7 Å². The van der Waals surface area contributed by atoms with Gasteiger partial charge in [0.15, 0.2) is 0 Å². The largest absolute Gasteiger partial charge is 0.496 e. The monoisotopic (exact) mass is 273 g/mol. The zero-order valence-corrected chi connectivity index (χ0v) is 12.7. The molecule has 0 fully saturated rings. The van der Waals surface area contributed by atoms with Crippen molar-refractivity contribution in [1.82, 2.24) is 9.55 Å². The molecule has 0 aliphatic heterocycles. The maximum absolute atomic E-state index is 5.56. The second kappa shape index (κ2) is 5.67. The van der Waals surface area contributed by atoms with Crippen LogP contribution >= 0.6 is 0 Å². The molecule has 0 saturated heterocycles. The number of rotatable bonds is 4. The van der Waals surface area contributed by atoms with Crippen LogP contribution in [0.3, 0.4) is 0 Å². The molecule has 20 heavy (non-hydrogen) atoms. The standard InChI is InChI=1S/C16H23N3O/c1-16(2,3)13-9-12(5-6-15(13)20-4)14-10-19(8-7-17)11-18-14/h5-6,9-11H,7-8,17H2,1-4H3. The molecule has 0 amide bonds. The number of aromatic nitrogens is 2. The molecular formula is C16H23N3O. The number of nitrogens with zero attached hydrogens (tertiary/aromatic N) is 2.